The molecule has 76 valence electrons. The first kappa shape index (κ1) is 8.92. The molecule has 1 heterocycles. The highest BCUT2D eigenvalue weighted by molar-refractivity contribution is 6.27. The zero-order chi connectivity index (χ0) is 10.3. The second-order valence-electron chi connectivity index (χ2n) is 3.75. The maximum absolute atomic E-state index is 5.59. The van der Waals surface area contributed by atoms with E-state index in [2.05, 4.69) is 22.3 Å². The molecule has 1 aliphatic rings. The lowest BCUT2D eigenvalue weighted by atomic mass is 10.1. The van der Waals surface area contributed by atoms with Crippen molar-refractivity contribution in [1.29, 1.82) is 0 Å². The van der Waals surface area contributed by atoms with Gasteiger partial charge in [-0.25, -0.2) is 0 Å². The van der Waals surface area contributed by atoms with E-state index in [9.17, 15) is 0 Å². The van der Waals surface area contributed by atoms with Crippen LogP contribution in [0.15, 0.2) is 34.7 Å². The van der Waals surface area contributed by atoms with Crippen molar-refractivity contribution in [3.63, 3.8) is 0 Å². The lowest BCUT2D eigenvalue weighted by molar-refractivity contribution is 0.495. The zero-order valence-electron chi connectivity index (χ0n) is 7.93. The van der Waals surface area contributed by atoms with Gasteiger partial charge < -0.3 is 4.42 Å². The predicted molar refractivity (Wildman–Crippen MR) is 55.8 cm³/mol. The molecule has 0 N–H and O–H groups in total. The molecule has 2 aromatic rings. The van der Waals surface area contributed by atoms with E-state index in [4.69, 9.17) is 16.0 Å². The lowest BCUT2D eigenvalue weighted by Crippen LogP contribution is -1.84. The molecule has 0 saturated heterocycles. The van der Waals surface area contributed by atoms with Crippen molar-refractivity contribution < 1.29 is 4.42 Å². The van der Waals surface area contributed by atoms with Gasteiger partial charge in [0.05, 0.1) is 0 Å². The molecular weight excluding hydrogens is 212 g/mol. The van der Waals surface area contributed by atoms with Gasteiger partial charge in [-0.2, -0.15) is 0 Å². The molecule has 2 atom stereocenters. The molecule has 1 fully saturated rings. The third-order valence-electron chi connectivity index (χ3n) is 2.75. The molecule has 4 heteroatoms. The Hall–Kier alpha value is -1.35. The molecule has 1 aliphatic carbocycles. The van der Waals surface area contributed by atoms with Crippen molar-refractivity contribution in [2.24, 2.45) is 0 Å². The van der Waals surface area contributed by atoms with Crippen molar-refractivity contribution in [2.45, 2.75) is 18.3 Å². The van der Waals surface area contributed by atoms with Gasteiger partial charge in [0, 0.05) is 5.92 Å². The molecule has 0 radical (unpaired) electrons. The van der Waals surface area contributed by atoms with Crippen LogP contribution >= 0.6 is 11.6 Å². The van der Waals surface area contributed by atoms with Gasteiger partial charge in [-0.3, -0.25) is 0 Å². The van der Waals surface area contributed by atoms with E-state index in [1.165, 1.54) is 5.56 Å². The molecule has 1 saturated carbocycles. The van der Waals surface area contributed by atoms with Crippen molar-refractivity contribution in [3.8, 4) is 0 Å². The minimum Gasteiger partial charge on any atom is -0.412 e. The summed E-state index contributed by atoms with van der Waals surface area (Å²) in [5, 5.41) is 7.69. The highest BCUT2D eigenvalue weighted by Crippen LogP contribution is 2.54. The number of halogens is 1. The summed E-state index contributed by atoms with van der Waals surface area (Å²) in [6.07, 6.45) is 1.07. The average Bonchev–Trinajstić information content (AvgIpc) is 2.96. The van der Waals surface area contributed by atoms with Crippen LogP contribution in [0.4, 0.5) is 0 Å². The van der Waals surface area contributed by atoms with Gasteiger partial charge in [-0.15, -0.1) is 5.10 Å². The first-order chi connectivity index (χ1) is 7.34. The number of hydrogen-bond acceptors (Lipinski definition) is 3. The Labute approximate surface area is 92.1 Å². The van der Waals surface area contributed by atoms with Crippen molar-refractivity contribution in [3.05, 3.63) is 47.1 Å². The van der Waals surface area contributed by atoms with Crippen LogP contribution in [0.2, 0.25) is 5.35 Å². The third-order valence-corrected chi connectivity index (χ3v) is 2.90. The lowest BCUT2D eigenvalue weighted by Gasteiger charge is -1.96. The number of nitrogens with zero attached hydrogens (tertiary/aromatic N) is 2. The number of aromatic nitrogens is 2. The summed E-state index contributed by atoms with van der Waals surface area (Å²) in [5.74, 6) is 1.53. The normalized spacial score (nSPS) is 24.1. The average molecular weight is 221 g/mol. The Bertz CT molecular complexity index is 468. The fraction of sp³-hybridized carbons (Fsp3) is 0.273. The van der Waals surface area contributed by atoms with E-state index >= 15 is 0 Å². The molecule has 3 rings (SSSR count). The maximum Gasteiger partial charge on any atom is 0.312 e. The predicted octanol–water partition coefficient (Wildman–Crippen LogP) is 2.99. The molecule has 0 spiro atoms. The van der Waals surface area contributed by atoms with Crippen LogP contribution in [0.5, 0.6) is 0 Å². The zero-order valence-corrected chi connectivity index (χ0v) is 8.69. The fourth-order valence-corrected chi connectivity index (χ4v) is 2.02. The Morgan fingerprint density at radius 3 is 2.60 bits per heavy atom. The molecule has 0 amide bonds. The van der Waals surface area contributed by atoms with Gasteiger partial charge >= 0.3 is 5.35 Å². The third kappa shape index (κ3) is 1.63. The second kappa shape index (κ2) is 3.35. The molecule has 0 bridgehead atoms. The Kier molecular flexibility index (Phi) is 1.99. The van der Waals surface area contributed by atoms with E-state index in [1.54, 1.807) is 0 Å². The van der Waals surface area contributed by atoms with Crippen molar-refractivity contribution in [2.75, 3.05) is 0 Å². The largest absolute Gasteiger partial charge is 0.412 e. The van der Waals surface area contributed by atoms with Gasteiger partial charge in [0.15, 0.2) is 0 Å². The minimum absolute atomic E-state index is 0.128. The Balaban J connectivity index is 1.80. The summed E-state index contributed by atoms with van der Waals surface area (Å²) in [6.45, 7) is 0. The minimum atomic E-state index is 0.128. The van der Waals surface area contributed by atoms with E-state index in [0.717, 1.165) is 6.42 Å². The van der Waals surface area contributed by atoms with E-state index < -0.39 is 0 Å². The second-order valence-corrected chi connectivity index (χ2v) is 4.08. The van der Waals surface area contributed by atoms with Gasteiger partial charge in [0.1, 0.15) is 0 Å². The summed E-state index contributed by atoms with van der Waals surface area (Å²) in [7, 11) is 0. The Morgan fingerprint density at radius 1 is 1.13 bits per heavy atom. The van der Waals surface area contributed by atoms with Crippen molar-refractivity contribution >= 4 is 11.6 Å². The molecular formula is C11H9ClN2O. The first-order valence-electron chi connectivity index (χ1n) is 4.88. The number of rotatable bonds is 2. The van der Waals surface area contributed by atoms with E-state index in [-0.39, 0.29) is 5.35 Å². The van der Waals surface area contributed by atoms with Crippen molar-refractivity contribution in [1.82, 2.24) is 10.2 Å². The van der Waals surface area contributed by atoms with Crippen LogP contribution in [0.1, 0.15) is 29.7 Å². The monoisotopic (exact) mass is 220 g/mol. The molecule has 0 aliphatic heterocycles. The summed E-state index contributed by atoms with van der Waals surface area (Å²) >= 11 is 5.59. The van der Waals surface area contributed by atoms with Gasteiger partial charge in [0.2, 0.25) is 5.89 Å². The quantitative estimate of drug-likeness (QED) is 0.781. The summed E-state index contributed by atoms with van der Waals surface area (Å²) in [5.41, 5.74) is 1.33. The SMILES string of the molecule is Clc1nnc(C2CC2c2ccccc2)o1. The van der Waals surface area contributed by atoms with Gasteiger partial charge in [-0.05, 0) is 29.5 Å². The molecule has 1 aromatic heterocycles. The highest BCUT2D eigenvalue weighted by atomic mass is 35.5. The van der Waals surface area contributed by atoms with Crippen LogP contribution in [-0.2, 0) is 0 Å². The van der Waals surface area contributed by atoms with Gasteiger partial charge in [-0.1, -0.05) is 35.4 Å². The molecule has 1 aromatic carbocycles. The Morgan fingerprint density at radius 2 is 1.93 bits per heavy atom. The smallest absolute Gasteiger partial charge is 0.312 e. The highest BCUT2D eigenvalue weighted by Gasteiger charge is 2.43. The number of hydrogen-bond donors (Lipinski definition) is 0. The van der Waals surface area contributed by atoms with E-state index in [1.807, 2.05) is 18.2 Å². The maximum atomic E-state index is 5.59. The standard InChI is InChI=1S/C11H9ClN2O/c12-11-14-13-10(15-11)9-6-8(9)7-4-2-1-3-5-7/h1-5,8-9H,6H2. The fourth-order valence-electron chi connectivity index (χ4n) is 1.90. The van der Waals surface area contributed by atoms with Crippen LogP contribution < -0.4 is 0 Å². The molecule has 3 nitrogen and oxygen atoms in total. The van der Waals surface area contributed by atoms with Gasteiger partial charge in [0.25, 0.3) is 0 Å². The van der Waals surface area contributed by atoms with Crippen LogP contribution in [0.25, 0.3) is 0 Å². The topological polar surface area (TPSA) is 38.9 Å². The van der Waals surface area contributed by atoms with Crippen LogP contribution in [0.3, 0.4) is 0 Å². The molecule has 15 heavy (non-hydrogen) atoms. The van der Waals surface area contributed by atoms with E-state index in [0.29, 0.717) is 17.7 Å². The molecule has 2 unspecified atom stereocenters. The van der Waals surface area contributed by atoms with Crippen LogP contribution in [-0.4, -0.2) is 10.2 Å². The summed E-state index contributed by atoms with van der Waals surface area (Å²) < 4.78 is 5.20. The summed E-state index contributed by atoms with van der Waals surface area (Å²) in [6, 6.07) is 10.4. The number of benzene rings is 1. The van der Waals surface area contributed by atoms with Crippen LogP contribution in [0, 0.1) is 0 Å². The summed E-state index contributed by atoms with van der Waals surface area (Å²) in [4.78, 5) is 0. The first-order valence-corrected chi connectivity index (χ1v) is 5.26.